The van der Waals surface area contributed by atoms with Crippen molar-refractivity contribution in [2.24, 2.45) is 0 Å². The molecule has 0 aliphatic rings. The summed E-state index contributed by atoms with van der Waals surface area (Å²) in [5.74, 6) is 1.64. The Kier molecular flexibility index (Phi) is 4.25. The minimum absolute atomic E-state index is 0.226. The van der Waals surface area contributed by atoms with Gasteiger partial charge in [-0.05, 0) is 19.1 Å². The molecule has 2 heterocycles. The van der Waals surface area contributed by atoms with Gasteiger partial charge in [0.2, 0.25) is 0 Å². The van der Waals surface area contributed by atoms with E-state index in [9.17, 15) is 5.11 Å². The number of aliphatic hydroxyl groups excluding tert-OH is 1. The van der Waals surface area contributed by atoms with Crippen molar-refractivity contribution in [1.29, 1.82) is 0 Å². The van der Waals surface area contributed by atoms with Gasteiger partial charge in [-0.25, -0.2) is 4.98 Å². The first-order valence-electron chi connectivity index (χ1n) is 5.45. The van der Waals surface area contributed by atoms with E-state index in [1.165, 1.54) is 0 Å². The number of hydrogen-bond acceptors (Lipinski definition) is 5. The highest BCUT2D eigenvalue weighted by molar-refractivity contribution is 7.99. The lowest BCUT2D eigenvalue weighted by Gasteiger charge is -2.12. The molecule has 0 radical (unpaired) electrons. The first-order chi connectivity index (χ1) is 8.16. The average Bonchev–Trinajstić information content (AvgIpc) is 2.95. The van der Waals surface area contributed by atoms with E-state index in [1.54, 1.807) is 29.4 Å². The van der Waals surface area contributed by atoms with Gasteiger partial charge < -0.3 is 9.52 Å². The largest absolute Gasteiger partial charge is 0.462 e. The fraction of sp³-hybridized carbons (Fsp3) is 0.417. The second-order valence-electron chi connectivity index (χ2n) is 3.88. The van der Waals surface area contributed by atoms with Gasteiger partial charge in [0.1, 0.15) is 0 Å². The van der Waals surface area contributed by atoms with E-state index in [1.807, 2.05) is 31.4 Å². The summed E-state index contributed by atoms with van der Waals surface area (Å²) in [4.78, 5) is 4.51. The second-order valence-corrected chi connectivity index (χ2v) is 6.10. The van der Waals surface area contributed by atoms with E-state index in [4.69, 9.17) is 4.42 Å². The highest BCUT2D eigenvalue weighted by atomic mass is 32.2. The molecule has 0 fully saturated rings. The van der Waals surface area contributed by atoms with Crippen LogP contribution in [0.25, 0.3) is 10.8 Å². The summed E-state index contributed by atoms with van der Waals surface area (Å²) in [6.07, 6.45) is 1.36. The third kappa shape index (κ3) is 3.34. The van der Waals surface area contributed by atoms with Crippen LogP contribution in [0.15, 0.2) is 28.2 Å². The number of thiazole rings is 1. The molecule has 1 N–H and O–H groups in total. The number of aromatic nitrogens is 1. The summed E-state index contributed by atoms with van der Waals surface area (Å²) in [6, 6.07) is 3.77. The Bertz CT molecular complexity index is 451. The summed E-state index contributed by atoms with van der Waals surface area (Å²) < 4.78 is 5.30. The highest BCUT2D eigenvalue weighted by Crippen LogP contribution is 2.27. The fourth-order valence-electron chi connectivity index (χ4n) is 1.24. The van der Waals surface area contributed by atoms with E-state index < -0.39 is 0 Å². The first kappa shape index (κ1) is 12.7. The number of nitrogens with zero attached hydrogens (tertiary/aromatic N) is 1. The maximum atomic E-state index is 9.40. The van der Waals surface area contributed by atoms with Crippen LogP contribution in [0.4, 0.5) is 0 Å². The normalized spacial score (nSPS) is 14.8. The third-order valence-electron chi connectivity index (χ3n) is 2.46. The number of furan rings is 1. The van der Waals surface area contributed by atoms with Crippen LogP contribution < -0.4 is 0 Å². The maximum Gasteiger partial charge on any atom is 0.162 e. The Hall–Kier alpha value is -0.780. The monoisotopic (exact) mass is 269 g/mol. The van der Waals surface area contributed by atoms with E-state index in [0.29, 0.717) is 0 Å². The molecule has 2 unspecified atom stereocenters. The van der Waals surface area contributed by atoms with Crippen LogP contribution in [-0.2, 0) is 5.75 Å². The molecule has 0 bridgehead atoms. The Labute approximate surface area is 109 Å². The quantitative estimate of drug-likeness (QED) is 0.903. The lowest BCUT2D eigenvalue weighted by molar-refractivity contribution is 0.196. The van der Waals surface area contributed by atoms with E-state index >= 15 is 0 Å². The van der Waals surface area contributed by atoms with Crippen molar-refractivity contribution in [3.63, 3.8) is 0 Å². The molecular formula is C12H15NO2S2. The van der Waals surface area contributed by atoms with Crippen molar-refractivity contribution in [1.82, 2.24) is 4.98 Å². The van der Waals surface area contributed by atoms with E-state index in [2.05, 4.69) is 4.98 Å². The number of hydrogen-bond donors (Lipinski definition) is 1. The summed E-state index contributed by atoms with van der Waals surface area (Å²) in [7, 11) is 0. The van der Waals surface area contributed by atoms with Gasteiger partial charge in [-0.1, -0.05) is 6.92 Å². The van der Waals surface area contributed by atoms with Crippen molar-refractivity contribution in [3.05, 3.63) is 29.5 Å². The molecule has 2 aromatic rings. The molecule has 2 atom stereocenters. The molecular weight excluding hydrogens is 254 g/mol. The van der Waals surface area contributed by atoms with Gasteiger partial charge in [0.25, 0.3) is 0 Å². The topological polar surface area (TPSA) is 46.3 Å². The van der Waals surface area contributed by atoms with Crippen LogP contribution in [0.1, 0.15) is 19.5 Å². The van der Waals surface area contributed by atoms with Crippen molar-refractivity contribution >= 4 is 23.1 Å². The van der Waals surface area contributed by atoms with Crippen molar-refractivity contribution in [2.45, 2.75) is 31.0 Å². The van der Waals surface area contributed by atoms with Gasteiger partial charge in [-0.2, -0.15) is 0 Å². The van der Waals surface area contributed by atoms with Crippen molar-refractivity contribution in [3.8, 4) is 10.8 Å². The molecule has 0 saturated heterocycles. The number of rotatable bonds is 5. The number of thioether (sulfide) groups is 1. The van der Waals surface area contributed by atoms with Crippen LogP contribution in [0.5, 0.6) is 0 Å². The van der Waals surface area contributed by atoms with Gasteiger partial charge >= 0.3 is 0 Å². The van der Waals surface area contributed by atoms with Gasteiger partial charge in [0, 0.05) is 16.4 Å². The lowest BCUT2D eigenvalue weighted by atomic mass is 10.3. The van der Waals surface area contributed by atoms with Crippen molar-refractivity contribution < 1.29 is 9.52 Å². The molecule has 0 spiro atoms. The predicted molar refractivity (Wildman–Crippen MR) is 72.3 cm³/mol. The maximum absolute atomic E-state index is 9.40. The first-order valence-corrected chi connectivity index (χ1v) is 7.37. The third-order valence-corrected chi connectivity index (χ3v) is 4.74. The molecule has 17 heavy (non-hydrogen) atoms. The van der Waals surface area contributed by atoms with Gasteiger partial charge in [0.15, 0.2) is 10.8 Å². The summed E-state index contributed by atoms with van der Waals surface area (Å²) in [5.41, 5.74) is 1.04. The minimum Gasteiger partial charge on any atom is -0.462 e. The lowest BCUT2D eigenvalue weighted by Crippen LogP contribution is -2.15. The van der Waals surface area contributed by atoms with Crippen LogP contribution >= 0.6 is 23.1 Å². The summed E-state index contributed by atoms with van der Waals surface area (Å²) >= 11 is 3.30. The van der Waals surface area contributed by atoms with E-state index in [0.717, 1.165) is 22.2 Å². The predicted octanol–water partition coefficient (Wildman–Crippen LogP) is 3.41. The summed E-state index contributed by atoms with van der Waals surface area (Å²) in [6.45, 7) is 3.84. The Morgan fingerprint density at radius 2 is 2.35 bits per heavy atom. The SMILES string of the molecule is CC(O)C(C)SCc1csc(-c2ccco2)n1. The zero-order chi connectivity index (χ0) is 12.3. The van der Waals surface area contributed by atoms with Gasteiger partial charge in [-0.15, -0.1) is 23.1 Å². The molecule has 0 aliphatic heterocycles. The standard InChI is InChI=1S/C12H15NO2S2/c1-8(14)9(2)16-6-10-7-17-12(13-10)11-4-3-5-15-11/h3-5,7-9,14H,6H2,1-2H3. The molecule has 5 heteroatoms. The molecule has 2 rings (SSSR count). The fourth-order valence-corrected chi connectivity index (χ4v) is 2.99. The number of aliphatic hydroxyl groups is 1. The van der Waals surface area contributed by atoms with Crippen LogP contribution in [0.3, 0.4) is 0 Å². The molecule has 2 aromatic heterocycles. The Morgan fingerprint density at radius 1 is 1.53 bits per heavy atom. The molecule has 0 aliphatic carbocycles. The van der Waals surface area contributed by atoms with Gasteiger partial charge in [-0.3, -0.25) is 0 Å². The Morgan fingerprint density at radius 3 is 3.00 bits per heavy atom. The molecule has 0 aromatic carbocycles. The van der Waals surface area contributed by atoms with Crippen LogP contribution in [0.2, 0.25) is 0 Å². The zero-order valence-corrected chi connectivity index (χ0v) is 11.4. The minimum atomic E-state index is -0.289. The van der Waals surface area contributed by atoms with E-state index in [-0.39, 0.29) is 11.4 Å². The van der Waals surface area contributed by atoms with Gasteiger partial charge in [0.05, 0.1) is 18.1 Å². The smallest absolute Gasteiger partial charge is 0.162 e. The molecule has 3 nitrogen and oxygen atoms in total. The zero-order valence-electron chi connectivity index (χ0n) is 9.79. The molecule has 0 amide bonds. The van der Waals surface area contributed by atoms with Crippen molar-refractivity contribution in [2.75, 3.05) is 0 Å². The Balaban J connectivity index is 1.95. The highest BCUT2D eigenvalue weighted by Gasteiger charge is 2.11. The molecule has 92 valence electrons. The summed E-state index contributed by atoms with van der Waals surface area (Å²) in [5, 5.41) is 12.6. The second kappa shape index (κ2) is 5.71. The van der Waals surface area contributed by atoms with Crippen LogP contribution in [0, 0.1) is 0 Å². The van der Waals surface area contributed by atoms with Crippen LogP contribution in [-0.4, -0.2) is 21.4 Å². The molecule has 0 saturated carbocycles. The average molecular weight is 269 g/mol.